The molecule has 0 unspecified atom stereocenters. The molecule has 0 spiro atoms. The molecule has 7 nitrogen and oxygen atoms in total. The van der Waals surface area contributed by atoms with Crippen LogP contribution >= 0.6 is 0 Å². The number of benzene rings is 1. The van der Waals surface area contributed by atoms with Crippen molar-refractivity contribution in [3.05, 3.63) is 35.0 Å². The molecule has 7 heteroatoms. The van der Waals surface area contributed by atoms with E-state index < -0.39 is 0 Å². The van der Waals surface area contributed by atoms with Crippen molar-refractivity contribution in [1.29, 1.82) is 10.5 Å². The van der Waals surface area contributed by atoms with Crippen LogP contribution in [-0.2, 0) is 20.7 Å². The first kappa shape index (κ1) is 17.3. The van der Waals surface area contributed by atoms with E-state index in [2.05, 4.69) is 16.9 Å². The molecule has 24 heavy (non-hydrogen) atoms. The maximum atomic E-state index is 11.5. The zero-order valence-corrected chi connectivity index (χ0v) is 13.5. The Morgan fingerprint density at radius 1 is 1.33 bits per heavy atom. The van der Waals surface area contributed by atoms with Gasteiger partial charge in [0.1, 0.15) is 12.3 Å². The maximum absolute atomic E-state index is 11.5. The van der Waals surface area contributed by atoms with E-state index in [4.69, 9.17) is 14.7 Å². The molecule has 1 aliphatic heterocycles. The first-order valence-corrected chi connectivity index (χ1v) is 7.22. The molecular formula is C17H17N3O4. The van der Waals surface area contributed by atoms with E-state index in [-0.39, 0.29) is 32.1 Å². The fourth-order valence-electron chi connectivity index (χ4n) is 2.45. The maximum Gasteiger partial charge on any atom is 0.310 e. The third kappa shape index (κ3) is 3.65. The van der Waals surface area contributed by atoms with Gasteiger partial charge in [-0.1, -0.05) is 6.07 Å². The van der Waals surface area contributed by atoms with E-state index >= 15 is 0 Å². The summed E-state index contributed by atoms with van der Waals surface area (Å²) in [5.74, 6) is 0.146. The number of anilines is 1. The smallest absolute Gasteiger partial charge is 0.310 e. The number of ether oxygens (including phenoxy) is 3. The third-order valence-electron chi connectivity index (χ3n) is 3.67. The average molecular weight is 327 g/mol. The molecule has 124 valence electrons. The largest absolute Gasteiger partial charge is 0.496 e. The van der Waals surface area contributed by atoms with Gasteiger partial charge in [0.05, 0.1) is 57.3 Å². The van der Waals surface area contributed by atoms with Crippen molar-refractivity contribution >= 4 is 11.7 Å². The van der Waals surface area contributed by atoms with E-state index in [1.54, 1.807) is 23.1 Å². The van der Waals surface area contributed by atoms with Gasteiger partial charge in [-0.2, -0.15) is 10.5 Å². The van der Waals surface area contributed by atoms with E-state index in [1.165, 1.54) is 14.2 Å². The van der Waals surface area contributed by atoms with Crippen LogP contribution in [0.5, 0.6) is 5.75 Å². The Kier molecular flexibility index (Phi) is 5.78. The monoisotopic (exact) mass is 327 g/mol. The van der Waals surface area contributed by atoms with Crippen molar-refractivity contribution in [3.63, 3.8) is 0 Å². The molecule has 0 N–H and O–H groups in total. The Hall–Kier alpha value is -3.03. The standard InChI is InChI=1S/C17H17N3O4/c1-22-16-8-14(4-3-12(16)7-17(21)23-2)20(6-5-18)15-11-24-10-13(15)9-19/h3-4,8H,6-7,10-11H2,1-2H3. The van der Waals surface area contributed by atoms with Crippen LogP contribution < -0.4 is 9.64 Å². The summed E-state index contributed by atoms with van der Waals surface area (Å²) in [5, 5.41) is 18.3. The summed E-state index contributed by atoms with van der Waals surface area (Å²) in [6, 6.07) is 9.46. The van der Waals surface area contributed by atoms with E-state index in [1.807, 2.05) is 0 Å². The van der Waals surface area contributed by atoms with E-state index in [0.29, 0.717) is 28.3 Å². The summed E-state index contributed by atoms with van der Waals surface area (Å²) in [5.41, 5.74) is 2.54. The molecule has 2 rings (SSSR count). The van der Waals surface area contributed by atoms with Gasteiger partial charge in [0, 0.05) is 17.3 Å². The number of nitriles is 2. The minimum Gasteiger partial charge on any atom is -0.496 e. The second-order valence-electron chi connectivity index (χ2n) is 5.02. The van der Waals surface area contributed by atoms with Gasteiger partial charge in [0.25, 0.3) is 0 Å². The van der Waals surface area contributed by atoms with Crippen LogP contribution in [0.4, 0.5) is 5.69 Å². The lowest BCUT2D eigenvalue weighted by Gasteiger charge is -2.24. The number of rotatable bonds is 6. The van der Waals surface area contributed by atoms with Crippen LogP contribution in [0.1, 0.15) is 5.56 Å². The highest BCUT2D eigenvalue weighted by molar-refractivity contribution is 5.74. The topological polar surface area (TPSA) is 95.6 Å². The lowest BCUT2D eigenvalue weighted by Crippen LogP contribution is -2.24. The van der Waals surface area contributed by atoms with E-state index in [0.717, 1.165) is 0 Å². The van der Waals surface area contributed by atoms with Gasteiger partial charge in [-0.05, 0) is 6.07 Å². The predicted molar refractivity (Wildman–Crippen MR) is 85.1 cm³/mol. The summed E-state index contributed by atoms with van der Waals surface area (Å²) in [7, 11) is 2.83. The Labute approximate surface area is 140 Å². The van der Waals surface area contributed by atoms with Gasteiger partial charge >= 0.3 is 5.97 Å². The molecule has 0 atom stereocenters. The minimum atomic E-state index is -0.367. The third-order valence-corrected chi connectivity index (χ3v) is 3.67. The van der Waals surface area contributed by atoms with Gasteiger partial charge < -0.3 is 19.1 Å². The molecule has 0 aromatic heterocycles. The zero-order valence-electron chi connectivity index (χ0n) is 13.5. The summed E-state index contributed by atoms with van der Waals surface area (Å²) in [6.07, 6.45) is 0.0907. The molecule has 0 aliphatic carbocycles. The number of hydrogen-bond donors (Lipinski definition) is 0. The fourth-order valence-corrected chi connectivity index (χ4v) is 2.45. The molecule has 0 radical (unpaired) electrons. The molecular weight excluding hydrogens is 310 g/mol. The van der Waals surface area contributed by atoms with Crippen LogP contribution in [0.2, 0.25) is 0 Å². The Balaban J connectivity index is 2.40. The van der Waals surface area contributed by atoms with Gasteiger partial charge in [-0.3, -0.25) is 4.79 Å². The van der Waals surface area contributed by atoms with Crippen molar-refractivity contribution in [3.8, 4) is 17.9 Å². The number of nitrogens with zero attached hydrogens (tertiary/aromatic N) is 3. The second kappa shape index (κ2) is 8.00. The number of esters is 1. The fraction of sp³-hybridized carbons (Fsp3) is 0.353. The van der Waals surface area contributed by atoms with Crippen LogP contribution in [0.15, 0.2) is 29.5 Å². The lowest BCUT2D eigenvalue weighted by atomic mass is 10.1. The molecule has 1 aliphatic rings. The Morgan fingerprint density at radius 3 is 2.75 bits per heavy atom. The summed E-state index contributed by atoms with van der Waals surface area (Å²) < 4.78 is 15.3. The van der Waals surface area contributed by atoms with Crippen molar-refractivity contribution in [2.24, 2.45) is 0 Å². The van der Waals surface area contributed by atoms with Gasteiger partial charge in [-0.25, -0.2) is 0 Å². The zero-order chi connectivity index (χ0) is 17.5. The molecule has 1 heterocycles. The molecule has 1 aromatic rings. The molecule has 0 saturated heterocycles. The highest BCUT2D eigenvalue weighted by Gasteiger charge is 2.23. The SMILES string of the molecule is COC(=O)Cc1ccc(N(CC#N)C2=C(C#N)COC2)cc1OC. The summed E-state index contributed by atoms with van der Waals surface area (Å²) in [6.45, 7) is 0.589. The van der Waals surface area contributed by atoms with Gasteiger partial charge in [0.15, 0.2) is 0 Å². The lowest BCUT2D eigenvalue weighted by molar-refractivity contribution is -0.139. The van der Waals surface area contributed by atoms with E-state index in [9.17, 15) is 10.1 Å². The van der Waals surface area contributed by atoms with Crippen molar-refractivity contribution in [1.82, 2.24) is 0 Å². The van der Waals surface area contributed by atoms with Gasteiger partial charge in [-0.15, -0.1) is 0 Å². The number of hydrogen-bond acceptors (Lipinski definition) is 7. The van der Waals surface area contributed by atoms with Crippen LogP contribution in [0.3, 0.4) is 0 Å². The van der Waals surface area contributed by atoms with Crippen LogP contribution in [-0.4, -0.2) is 39.9 Å². The van der Waals surface area contributed by atoms with Gasteiger partial charge in [0.2, 0.25) is 0 Å². The van der Waals surface area contributed by atoms with Crippen LogP contribution in [0, 0.1) is 22.7 Å². The predicted octanol–water partition coefficient (Wildman–Crippen LogP) is 1.55. The molecule has 0 bridgehead atoms. The molecule has 0 amide bonds. The number of carbonyl (C=O) groups excluding carboxylic acids is 1. The van der Waals surface area contributed by atoms with Crippen molar-refractivity contribution in [2.45, 2.75) is 6.42 Å². The second-order valence-corrected chi connectivity index (χ2v) is 5.02. The molecule has 0 fully saturated rings. The molecule has 1 aromatic carbocycles. The summed E-state index contributed by atoms with van der Waals surface area (Å²) in [4.78, 5) is 13.2. The first-order valence-electron chi connectivity index (χ1n) is 7.22. The van der Waals surface area contributed by atoms with Crippen LogP contribution in [0.25, 0.3) is 0 Å². The highest BCUT2D eigenvalue weighted by atomic mass is 16.5. The number of carbonyl (C=O) groups is 1. The highest BCUT2D eigenvalue weighted by Crippen LogP contribution is 2.30. The average Bonchev–Trinajstić information content (AvgIpc) is 3.08. The summed E-state index contributed by atoms with van der Waals surface area (Å²) >= 11 is 0. The van der Waals surface area contributed by atoms with Crippen molar-refractivity contribution < 1.29 is 19.0 Å². The van der Waals surface area contributed by atoms with Crippen molar-refractivity contribution in [2.75, 3.05) is 38.9 Å². The first-order chi connectivity index (χ1) is 11.6. The normalized spacial score (nSPS) is 13.2. The quantitative estimate of drug-likeness (QED) is 0.577. The Morgan fingerprint density at radius 2 is 2.12 bits per heavy atom. The number of methoxy groups -OCH3 is 2. The Bertz CT molecular complexity index is 743. The minimum absolute atomic E-state index is 0.0728. The molecule has 0 saturated carbocycles.